The number of halogens is 1. The zero-order valence-electron chi connectivity index (χ0n) is 11.6. The number of rotatable bonds is 7. The molecule has 2 N–H and O–H groups in total. The summed E-state index contributed by atoms with van der Waals surface area (Å²) in [7, 11) is 1.48. The molecule has 0 saturated heterocycles. The molecule has 1 unspecified atom stereocenters. The minimum Gasteiger partial charge on any atom is -0.494 e. The Morgan fingerprint density at radius 3 is 2.33 bits per heavy atom. The van der Waals surface area contributed by atoms with Crippen LogP contribution in [-0.2, 0) is 0 Å². The van der Waals surface area contributed by atoms with Gasteiger partial charge in [0.1, 0.15) is 0 Å². The van der Waals surface area contributed by atoms with Gasteiger partial charge in [0.25, 0.3) is 0 Å². The van der Waals surface area contributed by atoms with E-state index >= 15 is 0 Å². The first-order chi connectivity index (χ1) is 8.65. The molecule has 0 aliphatic heterocycles. The lowest BCUT2D eigenvalue weighted by molar-refractivity contribution is 0.348. The van der Waals surface area contributed by atoms with E-state index in [9.17, 15) is 4.39 Å². The Bertz CT molecular complexity index is 362. The summed E-state index contributed by atoms with van der Waals surface area (Å²) in [5, 5.41) is 0. The molecule has 0 bridgehead atoms. The van der Waals surface area contributed by atoms with Crippen molar-refractivity contribution in [3.63, 3.8) is 0 Å². The van der Waals surface area contributed by atoms with E-state index in [0.717, 1.165) is 25.7 Å². The van der Waals surface area contributed by atoms with Gasteiger partial charge in [-0.15, -0.1) is 0 Å². The molecule has 1 atom stereocenters. The first-order valence-electron chi connectivity index (χ1n) is 6.73. The number of hydrogen-bond acceptors (Lipinski definition) is 2. The van der Waals surface area contributed by atoms with Crippen LogP contribution in [-0.4, -0.2) is 7.11 Å². The van der Waals surface area contributed by atoms with Crippen molar-refractivity contribution >= 4 is 0 Å². The van der Waals surface area contributed by atoms with E-state index in [2.05, 4.69) is 13.8 Å². The second-order valence-corrected chi connectivity index (χ2v) is 4.73. The molecule has 0 spiro atoms. The molecule has 1 aromatic rings. The Kier molecular flexibility index (Phi) is 6.13. The SMILES string of the molecule is CCCC(CCC)C(N)c1cccc(OC)c1F. The van der Waals surface area contributed by atoms with Crippen molar-refractivity contribution in [3.8, 4) is 5.75 Å². The maximum absolute atomic E-state index is 14.2. The van der Waals surface area contributed by atoms with E-state index in [-0.39, 0.29) is 17.6 Å². The molecule has 1 aromatic carbocycles. The Labute approximate surface area is 109 Å². The molecule has 0 saturated carbocycles. The average molecular weight is 253 g/mol. The van der Waals surface area contributed by atoms with Crippen LogP contribution in [0.15, 0.2) is 18.2 Å². The maximum Gasteiger partial charge on any atom is 0.169 e. The van der Waals surface area contributed by atoms with Crippen LogP contribution >= 0.6 is 0 Å². The molecule has 0 aromatic heterocycles. The van der Waals surface area contributed by atoms with Gasteiger partial charge in [0, 0.05) is 11.6 Å². The Balaban J connectivity index is 2.96. The van der Waals surface area contributed by atoms with Crippen LogP contribution in [0.5, 0.6) is 5.75 Å². The highest BCUT2D eigenvalue weighted by Crippen LogP contribution is 2.32. The van der Waals surface area contributed by atoms with Crippen molar-refractivity contribution in [1.29, 1.82) is 0 Å². The molecule has 2 nitrogen and oxygen atoms in total. The molecule has 102 valence electrons. The first-order valence-corrected chi connectivity index (χ1v) is 6.73. The van der Waals surface area contributed by atoms with Crippen molar-refractivity contribution in [2.24, 2.45) is 11.7 Å². The van der Waals surface area contributed by atoms with Crippen LogP contribution in [0, 0.1) is 11.7 Å². The molecular weight excluding hydrogens is 229 g/mol. The lowest BCUT2D eigenvalue weighted by atomic mass is 9.86. The smallest absolute Gasteiger partial charge is 0.169 e. The van der Waals surface area contributed by atoms with E-state index in [0.29, 0.717) is 11.5 Å². The van der Waals surface area contributed by atoms with Gasteiger partial charge in [-0.2, -0.15) is 0 Å². The Hall–Kier alpha value is -1.09. The second kappa shape index (κ2) is 7.37. The highest BCUT2D eigenvalue weighted by Gasteiger charge is 2.22. The van der Waals surface area contributed by atoms with Crippen LogP contribution in [0.3, 0.4) is 0 Å². The number of hydrogen-bond donors (Lipinski definition) is 1. The summed E-state index contributed by atoms with van der Waals surface area (Å²) in [6, 6.07) is 4.94. The monoisotopic (exact) mass is 253 g/mol. The third kappa shape index (κ3) is 3.45. The van der Waals surface area contributed by atoms with Gasteiger partial charge < -0.3 is 10.5 Å². The maximum atomic E-state index is 14.2. The topological polar surface area (TPSA) is 35.2 Å². The molecule has 0 amide bonds. The van der Waals surface area contributed by atoms with Crippen LogP contribution in [0.4, 0.5) is 4.39 Å². The van der Waals surface area contributed by atoms with Crippen LogP contribution in [0.25, 0.3) is 0 Å². The van der Waals surface area contributed by atoms with E-state index in [1.807, 2.05) is 0 Å². The lowest BCUT2D eigenvalue weighted by Gasteiger charge is -2.24. The van der Waals surface area contributed by atoms with Gasteiger partial charge in [-0.3, -0.25) is 0 Å². The Morgan fingerprint density at radius 1 is 1.22 bits per heavy atom. The number of methoxy groups -OCH3 is 1. The zero-order chi connectivity index (χ0) is 13.5. The number of benzene rings is 1. The standard InChI is InChI=1S/C15H24FNO/c1-4-7-11(8-5-2)15(17)12-9-6-10-13(18-3)14(12)16/h6,9-11,15H,4-5,7-8,17H2,1-3H3. The van der Waals surface area contributed by atoms with Gasteiger partial charge >= 0.3 is 0 Å². The van der Waals surface area contributed by atoms with E-state index in [1.54, 1.807) is 18.2 Å². The highest BCUT2D eigenvalue weighted by atomic mass is 19.1. The van der Waals surface area contributed by atoms with Crippen LogP contribution in [0.2, 0.25) is 0 Å². The molecule has 0 aliphatic carbocycles. The Morgan fingerprint density at radius 2 is 1.83 bits per heavy atom. The summed E-state index contributed by atoms with van der Waals surface area (Å²) in [5.41, 5.74) is 6.81. The molecule has 0 radical (unpaired) electrons. The minimum absolute atomic E-state index is 0.250. The fourth-order valence-corrected chi connectivity index (χ4v) is 2.44. The molecule has 0 aliphatic rings. The normalized spacial score (nSPS) is 12.8. The third-order valence-corrected chi connectivity index (χ3v) is 3.40. The molecule has 18 heavy (non-hydrogen) atoms. The summed E-state index contributed by atoms with van der Waals surface area (Å²) < 4.78 is 19.2. The third-order valence-electron chi connectivity index (χ3n) is 3.40. The van der Waals surface area contributed by atoms with Crippen molar-refractivity contribution in [2.45, 2.75) is 45.6 Å². The van der Waals surface area contributed by atoms with Crippen molar-refractivity contribution in [2.75, 3.05) is 7.11 Å². The number of ether oxygens (including phenoxy) is 1. The number of nitrogens with two attached hydrogens (primary N) is 1. The summed E-state index contributed by atoms with van der Waals surface area (Å²) in [6.45, 7) is 4.27. The molecule has 1 rings (SSSR count). The van der Waals surface area contributed by atoms with Gasteiger partial charge in [-0.1, -0.05) is 38.8 Å². The van der Waals surface area contributed by atoms with E-state index in [1.165, 1.54) is 7.11 Å². The molecular formula is C15H24FNO. The summed E-state index contributed by atoms with van der Waals surface area (Å²) in [4.78, 5) is 0. The van der Waals surface area contributed by atoms with Crippen LogP contribution in [0.1, 0.15) is 51.1 Å². The summed E-state index contributed by atoms with van der Waals surface area (Å²) >= 11 is 0. The zero-order valence-corrected chi connectivity index (χ0v) is 11.6. The van der Waals surface area contributed by atoms with Gasteiger partial charge in [-0.25, -0.2) is 4.39 Å². The quantitative estimate of drug-likeness (QED) is 0.795. The van der Waals surface area contributed by atoms with Crippen LogP contribution < -0.4 is 10.5 Å². The van der Waals surface area contributed by atoms with E-state index < -0.39 is 0 Å². The lowest BCUT2D eigenvalue weighted by Crippen LogP contribution is -2.22. The van der Waals surface area contributed by atoms with Gasteiger partial charge in [0.05, 0.1) is 7.11 Å². The molecule has 3 heteroatoms. The van der Waals surface area contributed by atoms with Crippen molar-refractivity contribution in [3.05, 3.63) is 29.6 Å². The van der Waals surface area contributed by atoms with Crippen molar-refractivity contribution < 1.29 is 9.13 Å². The largest absolute Gasteiger partial charge is 0.494 e. The average Bonchev–Trinajstić information content (AvgIpc) is 2.38. The fourth-order valence-electron chi connectivity index (χ4n) is 2.44. The van der Waals surface area contributed by atoms with Crippen molar-refractivity contribution in [1.82, 2.24) is 0 Å². The van der Waals surface area contributed by atoms with E-state index in [4.69, 9.17) is 10.5 Å². The fraction of sp³-hybridized carbons (Fsp3) is 0.600. The summed E-state index contributed by atoms with van der Waals surface area (Å²) in [5.74, 6) is 0.293. The first kappa shape index (κ1) is 15.0. The van der Waals surface area contributed by atoms with Gasteiger partial charge in [-0.05, 0) is 24.8 Å². The van der Waals surface area contributed by atoms with Gasteiger partial charge in [0.2, 0.25) is 0 Å². The predicted molar refractivity (Wildman–Crippen MR) is 73.2 cm³/mol. The highest BCUT2D eigenvalue weighted by molar-refractivity contribution is 5.33. The predicted octanol–water partition coefficient (Wildman–Crippen LogP) is 4.05. The summed E-state index contributed by atoms with van der Waals surface area (Å²) in [6.07, 6.45) is 4.21. The molecule has 0 heterocycles. The van der Waals surface area contributed by atoms with Gasteiger partial charge in [0.15, 0.2) is 11.6 Å². The minimum atomic E-state index is -0.315. The second-order valence-electron chi connectivity index (χ2n) is 4.73. The molecule has 0 fully saturated rings.